The summed E-state index contributed by atoms with van der Waals surface area (Å²) in [5.41, 5.74) is 1.02. The van der Waals surface area contributed by atoms with E-state index in [0.29, 0.717) is 18.3 Å². The summed E-state index contributed by atoms with van der Waals surface area (Å²) < 4.78 is 0. The van der Waals surface area contributed by atoms with Crippen LogP contribution in [0.15, 0.2) is 30.3 Å². The van der Waals surface area contributed by atoms with Crippen molar-refractivity contribution in [2.24, 2.45) is 5.92 Å². The van der Waals surface area contributed by atoms with E-state index in [1.165, 1.54) is 0 Å². The largest absolute Gasteiger partial charge is 0.312 e. The molecule has 3 heterocycles. The van der Waals surface area contributed by atoms with E-state index in [9.17, 15) is 4.79 Å². The summed E-state index contributed by atoms with van der Waals surface area (Å²) in [5.74, 6) is 3.00. The first kappa shape index (κ1) is 16.3. The van der Waals surface area contributed by atoms with Crippen molar-refractivity contribution in [3.8, 4) is 0 Å². The fourth-order valence-corrected chi connectivity index (χ4v) is 4.04. The maximum absolute atomic E-state index is 12.4. The molecule has 0 saturated carbocycles. The number of nitrogens with one attached hydrogen (secondary N) is 1. The maximum atomic E-state index is 12.4. The molecule has 2 aliphatic rings. The molecule has 0 aliphatic carbocycles. The quantitative estimate of drug-likeness (QED) is 0.929. The van der Waals surface area contributed by atoms with Crippen LogP contribution in [0.25, 0.3) is 0 Å². The Morgan fingerprint density at radius 3 is 2.64 bits per heavy atom. The number of para-hydroxylation sites is 1. The maximum Gasteiger partial charge on any atom is 0.227 e. The number of likely N-dealkylation sites (tertiary alicyclic amines) is 1. The summed E-state index contributed by atoms with van der Waals surface area (Å²) in [4.78, 5) is 21.3. The Morgan fingerprint density at radius 2 is 1.96 bits per heavy atom. The molecule has 25 heavy (non-hydrogen) atoms. The van der Waals surface area contributed by atoms with Crippen molar-refractivity contribution < 1.29 is 4.79 Å². The van der Waals surface area contributed by atoms with Crippen molar-refractivity contribution in [2.75, 3.05) is 31.1 Å². The highest BCUT2D eigenvalue weighted by atomic mass is 16.2. The summed E-state index contributed by atoms with van der Waals surface area (Å²) in [5, 5.41) is 7.26. The number of piperidine rings is 1. The van der Waals surface area contributed by atoms with Crippen molar-refractivity contribution in [1.29, 1.82) is 0 Å². The molecule has 0 spiro atoms. The van der Waals surface area contributed by atoms with Gasteiger partial charge >= 0.3 is 0 Å². The van der Waals surface area contributed by atoms with Gasteiger partial charge in [0.05, 0.1) is 0 Å². The fraction of sp³-hybridized carbons (Fsp3) is 0.526. The van der Waals surface area contributed by atoms with Gasteiger partial charge in [0.2, 0.25) is 5.91 Å². The molecule has 0 bridgehead atoms. The summed E-state index contributed by atoms with van der Waals surface area (Å²) in [6.07, 6.45) is 2.86. The number of hydrogen-bond donors (Lipinski definition) is 1. The van der Waals surface area contributed by atoms with Crippen molar-refractivity contribution in [2.45, 2.75) is 32.1 Å². The second-order valence-corrected chi connectivity index (χ2v) is 7.26. The van der Waals surface area contributed by atoms with Crippen LogP contribution >= 0.6 is 0 Å². The Morgan fingerprint density at radius 1 is 1.20 bits per heavy atom. The lowest BCUT2D eigenvalue weighted by molar-refractivity contribution is -0.117. The van der Waals surface area contributed by atoms with Crippen LogP contribution in [0.5, 0.6) is 0 Å². The van der Waals surface area contributed by atoms with Gasteiger partial charge in [-0.05, 0) is 50.9 Å². The van der Waals surface area contributed by atoms with Gasteiger partial charge < -0.3 is 9.80 Å². The third-order valence-corrected chi connectivity index (χ3v) is 5.36. The minimum Gasteiger partial charge on any atom is -0.312 e. The lowest BCUT2D eigenvalue weighted by atomic mass is 9.95. The van der Waals surface area contributed by atoms with Gasteiger partial charge in [0.1, 0.15) is 5.82 Å². The highest BCUT2D eigenvalue weighted by Gasteiger charge is 2.33. The molecular weight excluding hydrogens is 314 g/mol. The highest BCUT2D eigenvalue weighted by molar-refractivity contribution is 5.95. The Labute approximate surface area is 148 Å². The second kappa shape index (κ2) is 6.96. The van der Waals surface area contributed by atoms with Crippen molar-refractivity contribution >= 4 is 11.6 Å². The summed E-state index contributed by atoms with van der Waals surface area (Å²) in [7, 11) is 0. The molecule has 132 valence electrons. The van der Waals surface area contributed by atoms with Crippen LogP contribution in [0.1, 0.15) is 36.8 Å². The molecule has 4 rings (SSSR count). The smallest absolute Gasteiger partial charge is 0.227 e. The number of aromatic amines is 1. The van der Waals surface area contributed by atoms with Crippen molar-refractivity contribution in [3.63, 3.8) is 0 Å². The van der Waals surface area contributed by atoms with Gasteiger partial charge in [-0.3, -0.25) is 9.89 Å². The molecule has 1 unspecified atom stereocenters. The highest BCUT2D eigenvalue weighted by Crippen LogP contribution is 2.29. The number of hydrogen-bond acceptors (Lipinski definition) is 4. The number of aromatic nitrogens is 3. The molecule has 1 N–H and O–H groups in total. The van der Waals surface area contributed by atoms with E-state index in [4.69, 9.17) is 0 Å². The average Bonchev–Trinajstić information content (AvgIpc) is 3.22. The minimum atomic E-state index is 0.252. The number of carbonyl (C=O) groups excluding carboxylic acids is 1. The normalized spacial score (nSPS) is 22.7. The first-order chi connectivity index (χ1) is 12.2. The predicted octanol–water partition coefficient (Wildman–Crippen LogP) is 2.35. The van der Waals surface area contributed by atoms with Crippen LogP contribution in [0.2, 0.25) is 0 Å². The second-order valence-electron chi connectivity index (χ2n) is 7.26. The molecule has 1 aromatic carbocycles. The Balaban J connectivity index is 1.30. The van der Waals surface area contributed by atoms with Crippen LogP contribution in [-0.2, 0) is 4.79 Å². The lowest BCUT2D eigenvalue weighted by Crippen LogP contribution is -2.37. The first-order valence-electron chi connectivity index (χ1n) is 9.15. The molecule has 2 aromatic rings. The number of amides is 1. The van der Waals surface area contributed by atoms with Gasteiger partial charge in [-0.1, -0.05) is 18.2 Å². The molecule has 6 nitrogen and oxygen atoms in total. The topological polar surface area (TPSA) is 65.1 Å². The molecule has 2 fully saturated rings. The number of carbonyl (C=O) groups is 1. The molecule has 0 radical (unpaired) electrons. The molecule has 2 saturated heterocycles. The third-order valence-electron chi connectivity index (χ3n) is 5.36. The van der Waals surface area contributed by atoms with E-state index in [0.717, 1.165) is 56.4 Å². The van der Waals surface area contributed by atoms with Gasteiger partial charge in [0.15, 0.2) is 5.82 Å². The molecule has 1 aromatic heterocycles. The van der Waals surface area contributed by atoms with E-state index in [1.807, 2.05) is 42.2 Å². The predicted molar refractivity (Wildman–Crippen MR) is 96.4 cm³/mol. The molecule has 1 atom stereocenters. The number of rotatable bonds is 4. The summed E-state index contributed by atoms with van der Waals surface area (Å²) >= 11 is 0. The molecule has 1 amide bonds. The van der Waals surface area contributed by atoms with Crippen LogP contribution in [0.4, 0.5) is 5.69 Å². The number of H-pyrrole nitrogens is 1. The van der Waals surface area contributed by atoms with Gasteiger partial charge in [-0.25, -0.2) is 4.98 Å². The standard InChI is InChI=1S/C19H25N5O/c1-14-20-19(22-21-14)16-7-9-23(10-8-16)12-15-11-18(25)24(13-15)17-5-3-2-4-6-17/h2-6,15-16H,7-13H2,1H3,(H,20,21,22). The zero-order chi connectivity index (χ0) is 17.2. The minimum absolute atomic E-state index is 0.252. The Hall–Kier alpha value is -2.21. The van der Waals surface area contributed by atoms with Gasteiger partial charge in [0, 0.05) is 31.1 Å². The van der Waals surface area contributed by atoms with E-state index >= 15 is 0 Å². The molecular formula is C19H25N5O. The average molecular weight is 339 g/mol. The summed E-state index contributed by atoms with van der Waals surface area (Å²) in [6.45, 7) is 5.92. The van der Waals surface area contributed by atoms with Gasteiger partial charge in [-0.2, -0.15) is 5.10 Å². The number of benzene rings is 1. The third kappa shape index (κ3) is 3.58. The number of anilines is 1. The zero-order valence-electron chi connectivity index (χ0n) is 14.7. The van der Waals surface area contributed by atoms with Gasteiger partial charge in [0.25, 0.3) is 0 Å². The number of nitrogens with zero attached hydrogens (tertiary/aromatic N) is 4. The van der Waals surface area contributed by atoms with Crippen molar-refractivity contribution in [3.05, 3.63) is 42.0 Å². The molecule has 2 aliphatic heterocycles. The monoisotopic (exact) mass is 339 g/mol. The Bertz CT molecular complexity index is 720. The van der Waals surface area contributed by atoms with E-state index in [1.54, 1.807) is 0 Å². The lowest BCUT2D eigenvalue weighted by Gasteiger charge is -2.32. The summed E-state index contributed by atoms with van der Waals surface area (Å²) in [6, 6.07) is 10.0. The van der Waals surface area contributed by atoms with E-state index in [-0.39, 0.29) is 5.91 Å². The number of aryl methyl sites for hydroxylation is 1. The van der Waals surface area contributed by atoms with E-state index < -0.39 is 0 Å². The molecule has 6 heteroatoms. The zero-order valence-corrected chi connectivity index (χ0v) is 14.7. The van der Waals surface area contributed by atoms with Crippen LogP contribution in [0.3, 0.4) is 0 Å². The fourth-order valence-electron chi connectivity index (χ4n) is 4.04. The SMILES string of the molecule is Cc1nc(C2CCN(CC3CC(=O)N(c4ccccc4)C3)CC2)n[nH]1. The van der Waals surface area contributed by atoms with Crippen LogP contribution in [-0.4, -0.2) is 52.2 Å². The van der Waals surface area contributed by atoms with Crippen LogP contribution < -0.4 is 4.90 Å². The van der Waals surface area contributed by atoms with Gasteiger partial charge in [-0.15, -0.1) is 0 Å². The van der Waals surface area contributed by atoms with E-state index in [2.05, 4.69) is 20.1 Å². The van der Waals surface area contributed by atoms with Crippen LogP contribution in [0, 0.1) is 12.8 Å². The first-order valence-corrected chi connectivity index (χ1v) is 9.15. The van der Waals surface area contributed by atoms with Crippen molar-refractivity contribution in [1.82, 2.24) is 20.1 Å². The Kier molecular flexibility index (Phi) is 4.53.